The van der Waals surface area contributed by atoms with Crippen LogP contribution in [0.25, 0.3) is 0 Å². The molecule has 1 N–H and O–H groups in total. The minimum Gasteiger partial charge on any atom is -0.337 e. The number of rotatable bonds is 5. The van der Waals surface area contributed by atoms with Crippen molar-refractivity contribution >= 4 is 5.91 Å². The van der Waals surface area contributed by atoms with Crippen LogP contribution in [0.1, 0.15) is 30.9 Å². The van der Waals surface area contributed by atoms with E-state index in [0.717, 1.165) is 32.5 Å². The second-order valence-corrected chi connectivity index (χ2v) is 5.04. The van der Waals surface area contributed by atoms with Gasteiger partial charge < -0.3 is 10.2 Å². The van der Waals surface area contributed by atoms with Gasteiger partial charge in [-0.25, -0.2) is 0 Å². The fourth-order valence-corrected chi connectivity index (χ4v) is 2.43. The molecule has 0 bridgehead atoms. The lowest BCUT2D eigenvalue weighted by Gasteiger charge is -2.17. The van der Waals surface area contributed by atoms with Crippen molar-refractivity contribution in [2.75, 3.05) is 13.1 Å². The van der Waals surface area contributed by atoms with Crippen LogP contribution in [-0.2, 0) is 11.3 Å². The molecule has 0 aliphatic carbocycles. The molecule has 0 saturated carbocycles. The first kappa shape index (κ1) is 13.1. The van der Waals surface area contributed by atoms with Crippen LogP contribution in [0.4, 0.5) is 0 Å². The predicted molar refractivity (Wildman–Crippen MR) is 73.3 cm³/mol. The Morgan fingerprint density at radius 3 is 3.00 bits per heavy atom. The van der Waals surface area contributed by atoms with Crippen LogP contribution in [0, 0.1) is 6.92 Å². The molecule has 2 rings (SSSR count). The number of likely N-dealkylation sites (tertiary alicyclic amines) is 1. The molecule has 18 heavy (non-hydrogen) atoms. The predicted octanol–water partition coefficient (Wildman–Crippen LogP) is 2.10. The van der Waals surface area contributed by atoms with Gasteiger partial charge in [0.05, 0.1) is 6.04 Å². The van der Waals surface area contributed by atoms with E-state index < -0.39 is 0 Å². The number of aryl methyl sites for hydroxylation is 1. The maximum absolute atomic E-state index is 12.2. The highest BCUT2D eigenvalue weighted by molar-refractivity contribution is 5.83. The normalized spacial score (nSPS) is 19.6. The van der Waals surface area contributed by atoms with Crippen LogP contribution in [0.3, 0.4) is 0 Å². The Balaban J connectivity index is 1.93. The molecule has 1 saturated heterocycles. The van der Waals surface area contributed by atoms with E-state index in [1.165, 1.54) is 11.1 Å². The van der Waals surface area contributed by atoms with Gasteiger partial charge in [0.15, 0.2) is 0 Å². The van der Waals surface area contributed by atoms with E-state index >= 15 is 0 Å². The number of carbonyl (C=O) groups excluding carboxylic acids is 1. The van der Waals surface area contributed by atoms with Gasteiger partial charge >= 0.3 is 0 Å². The van der Waals surface area contributed by atoms with Crippen molar-refractivity contribution in [3.05, 3.63) is 35.4 Å². The average molecular weight is 246 g/mol. The number of hydrogen-bond donors (Lipinski definition) is 1. The third-order valence-corrected chi connectivity index (χ3v) is 3.39. The molecule has 1 amide bonds. The zero-order chi connectivity index (χ0) is 13.0. The number of benzene rings is 1. The summed E-state index contributed by atoms with van der Waals surface area (Å²) in [5.41, 5.74) is 2.47. The van der Waals surface area contributed by atoms with Gasteiger partial charge in [0.1, 0.15) is 0 Å². The smallest absolute Gasteiger partial charge is 0.240 e. The largest absolute Gasteiger partial charge is 0.337 e. The van der Waals surface area contributed by atoms with Crippen LogP contribution in [0.15, 0.2) is 24.3 Å². The lowest BCUT2D eigenvalue weighted by molar-refractivity contribution is -0.129. The molecule has 1 heterocycles. The zero-order valence-corrected chi connectivity index (χ0v) is 11.3. The minimum absolute atomic E-state index is 0.0368. The highest BCUT2D eigenvalue weighted by Crippen LogP contribution is 2.15. The van der Waals surface area contributed by atoms with Gasteiger partial charge in [-0.3, -0.25) is 4.79 Å². The van der Waals surface area contributed by atoms with Gasteiger partial charge in [0.2, 0.25) is 5.91 Å². The molecule has 1 aliphatic rings. The van der Waals surface area contributed by atoms with Crippen molar-refractivity contribution in [2.24, 2.45) is 0 Å². The molecule has 1 fully saturated rings. The zero-order valence-electron chi connectivity index (χ0n) is 11.3. The molecule has 1 aromatic rings. The third kappa shape index (κ3) is 3.10. The molecule has 3 heteroatoms. The monoisotopic (exact) mass is 246 g/mol. The Morgan fingerprint density at radius 1 is 1.44 bits per heavy atom. The maximum Gasteiger partial charge on any atom is 0.240 e. The van der Waals surface area contributed by atoms with Gasteiger partial charge in [0.25, 0.3) is 0 Å². The summed E-state index contributed by atoms with van der Waals surface area (Å²) in [5, 5.41) is 3.32. The molecule has 1 unspecified atom stereocenters. The summed E-state index contributed by atoms with van der Waals surface area (Å²) < 4.78 is 0. The summed E-state index contributed by atoms with van der Waals surface area (Å²) in [4.78, 5) is 14.1. The number of amides is 1. The Morgan fingerprint density at radius 2 is 2.28 bits per heavy atom. The summed E-state index contributed by atoms with van der Waals surface area (Å²) in [7, 11) is 0. The van der Waals surface area contributed by atoms with E-state index in [0.29, 0.717) is 0 Å². The molecule has 1 atom stereocenters. The second kappa shape index (κ2) is 6.01. The van der Waals surface area contributed by atoms with E-state index in [9.17, 15) is 4.79 Å². The minimum atomic E-state index is 0.0368. The van der Waals surface area contributed by atoms with Gasteiger partial charge in [-0.1, -0.05) is 36.8 Å². The van der Waals surface area contributed by atoms with Crippen LogP contribution < -0.4 is 5.32 Å². The molecular formula is C15H22N2O. The number of carbonyl (C=O) groups is 1. The van der Waals surface area contributed by atoms with Crippen LogP contribution in [0.2, 0.25) is 0 Å². The van der Waals surface area contributed by atoms with Crippen molar-refractivity contribution < 1.29 is 4.79 Å². The van der Waals surface area contributed by atoms with Crippen molar-refractivity contribution in [3.8, 4) is 0 Å². The molecule has 0 spiro atoms. The van der Waals surface area contributed by atoms with Crippen molar-refractivity contribution in [1.82, 2.24) is 10.2 Å². The first-order valence-electron chi connectivity index (χ1n) is 6.78. The molecule has 0 radical (unpaired) electrons. The summed E-state index contributed by atoms with van der Waals surface area (Å²) >= 11 is 0. The molecule has 1 aromatic carbocycles. The standard InChI is InChI=1S/C15H22N2O/c1-3-8-16-14-7-9-17(15(14)18)11-13-6-4-5-12(2)10-13/h4-6,10,14,16H,3,7-9,11H2,1-2H3. The van der Waals surface area contributed by atoms with E-state index in [2.05, 4.69) is 43.4 Å². The number of hydrogen-bond acceptors (Lipinski definition) is 2. The lowest BCUT2D eigenvalue weighted by atomic mass is 10.1. The Kier molecular flexibility index (Phi) is 4.37. The lowest BCUT2D eigenvalue weighted by Crippen LogP contribution is -2.38. The first-order valence-corrected chi connectivity index (χ1v) is 6.78. The number of nitrogens with one attached hydrogen (secondary N) is 1. The molecular weight excluding hydrogens is 224 g/mol. The Hall–Kier alpha value is -1.35. The van der Waals surface area contributed by atoms with E-state index in [1.54, 1.807) is 0 Å². The maximum atomic E-state index is 12.2. The quantitative estimate of drug-likeness (QED) is 0.863. The van der Waals surface area contributed by atoms with Crippen molar-refractivity contribution in [1.29, 1.82) is 0 Å². The molecule has 0 aromatic heterocycles. The number of nitrogens with zero attached hydrogens (tertiary/aromatic N) is 1. The average Bonchev–Trinajstić information content (AvgIpc) is 2.69. The molecule has 3 nitrogen and oxygen atoms in total. The van der Waals surface area contributed by atoms with Crippen molar-refractivity contribution in [3.63, 3.8) is 0 Å². The summed E-state index contributed by atoms with van der Waals surface area (Å²) in [6.07, 6.45) is 2.01. The summed E-state index contributed by atoms with van der Waals surface area (Å²) in [5.74, 6) is 0.255. The van der Waals surface area contributed by atoms with E-state index in [-0.39, 0.29) is 11.9 Å². The Labute approximate surface area is 109 Å². The second-order valence-electron chi connectivity index (χ2n) is 5.04. The fraction of sp³-hybridized carbons (Fsp3) is 0.533. The third-order valence-electron chi connectivity index (χ3n) is 3.39. The SMILES string of the molecule is CCCNC1CCN(Cc2cccc(C)c2)C1=O. The van der Waals surface area contributed by atoms with Gasteiger partial charge in [-0.2, -0.15) is 0 Å². The van der Waals surface area contributed by atoms with Crippen LogP contribution in [0.5, 0.6) is 0 Å². The highest BCUT2D eigenvalue weighted by Gasteiger charge is 2.30. The highest BCUT2D eigenvalue weighted by atomic mass is 16.2. The first-order chi connectivity index (χ1) is 8.70. The Bertz CT molecular complexity index is 417. The topological polar surface area (TPSA) is 32.3 Å². The molecule has 1 aliphatic heterocycles. The van der Waals surface area contributed by atoms with Crippen molar-refractivity contribution in [2.45, 2.75) is 39.3 Å². The van der Waals surface area contributed by atoms with Gasteiger partial charge in [-0.05, 0) is 31.9 Å². The van der Waals surface area contributed by atoms with Crippen LogP contribution >= 0.6 is 0 Å². The van der Waals surface area contributed by atoms with Crippen LogP contribution in [-0.4, -0.2) is 29.9 Å². The summed E-state index contributed by atoms with van der Waals surface area (Å²) in [6.45, 7) is 6.74. The molecule has 98 valence electrons. The summed E-state index contributed by atoms with van der Waals surface area (Å²) in [6, 6.07) is 8.42. The van der Waals surface area contributed by atoms with E-state index in [4.69, 9.17) is 0 Å². The fourth-order valence-electron chi connectivity index (χ4n) is 2.43. The van der Waals surface area contributed by atoms with Gasteiger partial charge in [0, 0.05) is 13.1 Å². The van der Waals surface area contributed by atoms with Gasteiger partial charge in [-0.15, -0.1) is 0 Å². The van der Waals surface area contributed by atoms with E-state index in [1.807, 2.05) is 4.90 Å².